The molecule has 6 heteroatoms. The van der Waals surface area contributed by atoms with E-state index in [4.69, 9.17) is 19.4 Å². The number of thioether (sulfide) groups is 2. The normalized spacial score (nSPS) is 14.6. The number of rotatable bonds is 0. The predicted molar refractivity (Wildman–Crippen MR) is 140 cm³/mol. The van der Waals surface area contributed by atoms with E-state index in [0.717, 1.165) is 57.3 Å². The number of hydrogen-bond acceptors (Lipinski definition) is 6. The Hall–Kier alpha value is -2.96. The summed E-state index contributed by atoms with van der Waals surface area (Å²) in [5, 5.41) is 0. The molecule has 0 saturated heterocycles. The minimum absolute atomic E-state index is 0.423. The van der Waals surface area contributed by atoms with E-state index < -0.39 is 0 Å². The standard InChI is InChI=1S/C28H26N2O2S2/c1-3-13-27-21(7-1)17-33-19-25-11-6-12-26(30-25)20-34-18-22-8-2-4-14-28(22)32-16-24-10-5-9-23(29-24)15-31-27/h1-14H,15-20H2. The van der Waals surface area contributed by atoms with Gasteiger partial charge in [-0.25, -0.2) is 0 Å². The highest BCUT2D eigenvalue weighted by Gasteiger charge is 2.09. The van der Waals surface area contributed by atoms with E-state index in [2.05, 4.69) is 42.5 Å². The molecule has 34 heavy (non-hydrogen) atoms. The average Bonchev–Trinajstić information content (AvgIpc) is 2.88. The third-order valence-electron chi connectivity index (χ3n) is 5.44. The number of pyridine rings is 2. The average molecular weight is 487 g/mol. The molecule has 4 aromatic rings. The van der Waals surface area contributed by atoms with Crippen molar-refractivity contribution in [2.75, 3.05) is 0 Å². The van der Waals surface area contributed by atoms with Crippen LogP contribution < -0.4 is 9.47 Å². The highest BCUT2D eigenvalue weighted by molar-refractivity contribution is 7.98. The smallest absolute Gasteiger partial charge is 0.130 e. The summed E-state index contributed by atoms with van der Waals surface area (Å²) in [4.78, 5) is 9.63. The molecule has 0 atom stereocenters. The van der Waals surface area contributed by atoms with E-state index in [9.17, 15) is 0 Å². The van der Waals surface area contributed by atoms with Crippen LogP contribution in [-0.4, -0.2) is 9.97 Å². The zero-order valence-corrected chi connectivity index (χ0v) is 20.5. The maximum absolute atomic E-state index is 6.17. The van der Waals surface area contributed by atoms with Crippen LogP contribution in [0.3, 0.4) is 0 Å². The van der Waals surface area contributed by atoms with Crippen molar-refractivity contribution < 1.29 is 9.47 Å². The molecule has 0 spiro atoms. The lowest BCUT2D eigenvalue weighted by molar-refractivity contribution is 0.288. The first-order valence-electron chi connectivity index (χ1n) is 11.3. The van der Waals surface area contributed by atoms with Gasteiger partial charge in [0, 0.05) is 34.1 Å². The molecule has 2 aromatic heterocycles. The van der Waals surface area contributed by atoms with Crippen molar-refractivity contribution in [1.29, 1.82) is 0 Å². The Kier molecular flexibility index (Phi) is 7.68. The van der Waals surface area contributed by atoms with Gasteiger partial charge < -0.3 is 9.47 Å². The highest BCUT2D eigenvalue weighted by Crippen LogP contribution is 2.28. The van der Waals surface area contributed by atoms with Crippen molar-refractivity contribution >= 4 is 23.5 Å². The molecule has 2 aromatic carbocycles. The quantitative estimate of drug-likeness (QED) is 0.272. The van der Waals surface area contributed by atoms with Gasteiger partial charge in [-0.2, -0.15) is 23.5 Å². The fourth-order valence-electron chi connectivity index (χ4n) is 3.74. The van der Waals surface area contributed by atoms with Crippen LogP contribution in [0.15, 0.2) is 84.9 Å². The summed E-state index contributed by atoms with van der Waals surface area (Å²) in [5.41, 5.74) is 6.38. The van der Waals surface area contributed by atoms with Gasteiger partial charge in [-0.05, 0) is 36.4 Å². The third-order valence-corrected chi connectivity index (χ3v) is 7.47. The maximum atomic E-state index is 6.17. The van der Waals surface area contributed by atoms with E-state index >= 15 is 0 Å². The molecular weight excluding hydrogens is 460 g/mol. The summed E-state index contributed by atoms with van der Waals surface area (Å²) in [6.45, 7) is 0.846. The zero-order chi connectivity index (χ0) is 23.0. The Bertz CT molecular complexity index is 1160. The van der Waals surface area contributed by atoms with Crippen LogP contribution in [0.25, 0.3) is 0 Å². The highest BCUT2D eigenvalue weighted by atomic mass is 32.2. The first-order chi connectivity index (χ1) is 16.8. The fraction of sp³-hybridized carbons (Fsp3) is 0.214. The Morgan fingerprint density at radius 3 is 1.44 bits per heavy atom. The predicted octanol–water partition coefficient (Wildman–Crippen LogP) is 6.81. The lowest BCUT2D eigenvalue weighted by Crippen LogP contribution is -2.05. The van der Waals surface area contributed by atoms with Gasteiger partial charge in [-0.1, -0.05) is 48.5 Å². The molecule has 4 bridgehead atoms. The van der Waals surface area contributed by atoms with E-state index in [0.29, 0.717) is 13.2 Å². The van der Waals surface area contributed by atoms with Gasteiger partial charge in [0.1, 0.15) is 24.7 Å². The number of aromatic nitrogens is 2. The number of nitrogens with zero attached hydrogens (tertiary/aromatic N) is 2. The summed E-state index contributed by atoms with van der Waals surface area (Å²) < 4.78 is 12.3. The molecule has 172 valence electrons. The third kappa shape index (κ3) is 6.13. The molecule has 4 nitrogen and oxygen atoms in total. The van der Waals surface area contributed by atoms with Crippen LogP contribution in [0, 0.1) is 0 Å². The fourth-order valence-corrected chi connectivity index (χ4v) is 5.60. The second-order valence-electron chi connectivity index (χ2n) is 8.02. The Balaban J connectivity index is 1.40. The van der Waals surface area contributed by atoms with Gasteiger partial charge in [0.25, 0.3) is 0 Å². The topological polar surface area (TPSA) is 44.2 Å². The van der Waals surface area contributed by atoms with E-state index in [-0.39, 0.29) is 0 Å². The van der Waals surface area contributed by atoms with Crippen molar-refractivity contribution in [2.45, 2.75) is 36.2 Å². The van der Waals surface area contributed by atoms with Crippen LogP contribution in [-0.2, 0) is 36.2 Å². The van der Waals surface area contributed by atoms with Crippen molar-refractivity contribution in [3.63, 3.8) is 0 Å². The van der Waals surface area contributed by atoms with Gasteiger partial charge >= 0.3 is 0 Å². The largest absolute Gasteiger partial charge is 0.487 e. The molecule has 3 heterocycles. The molecule has 5 rings (SSSR count). The minimum atomic E-state index is 0.423. The number of hydrogen-bond donors (Lipinski definition) is 0. The Morgan fingerprint density at radius 1 is 0.471 bits per heavy atom. The van der Waals surface area contributed by atoms with Crippen LogP contribution in [0.5, 0.6) is 11.5 Å². The molecular formula is C28H26N2O2S2. The van der Waals surface area contributed by atoms with Crippen molar-refractivity contribution in [1.82, 2.24) is 9.97 Å². The van der Waals surface area contributed by atoms with Crippen LogP contribution in [0.4, 0.5) is 0 Å². The number of benzene rings is 2. The first kappa shape index (κ1) is 22.8. The molecule has 0 radical (unpaired) electrons. The van der Waals surface area contributed by atoms with Crippen molar-refractivity contribution in [2.24, 2.45) is 0 Å². The maximum Gasteiger partial charge on any atom is 0.130 e. The molecule has 1 aliphatic heterocycles. The number of ether oxygens (including phenoxy) is 2. The van der Waals surface area contributed by atoms with Gasteiger partial charge in [-0.15, -0.1) is 0 Å². The molecule has 0 N–H and O–H groups in total. The second kappa shape index (κ2) is 11.4. The van der Waals surface area contributed by atoms with E-state index in [1.165, 1.54) is 11.1 Å². The second-order valence-corrected chi connectivity index (χ2v) is 9.99. The van der Waals surface area contributed by atoms with E-state index in [1.54, 1.807) is 0 Å². The molecule has 1 aliphatic rings. The summed E-state index contributed by atoms with van der Waals surface area (Å²) in [6, 6.07) is 28.8. The molecule has 0 fully saturated rings. The van der Waals surface area contributed by atoms with Gasteiger partial charge in [0.15, 0.2) is 0 Å². The van der Waals surface area contributed by atoms with Gasteiger partial charge in [-0.3, -0.25) is 9.97 Å². The van der Waals surface area contributed by atoms with Crippen LogP contribution >= 0.6 is 23.5 Å². The molecule has 0 aliphatic carbocycles. The molecule has 0 saturated carbocycles. The SMILES string of the molecule is c1cc2nc(c1)COc1ccccc1CSCc1cccc(n1)CSCc1ccccc1OC2. The Morgan fingerprint density at radius 2 is 0.912 bits per heavy atom. The summed E-state index contributed by atoms with van der Waals surface area (Å²) in [6.07, 6.45) is 0. The van der Waals surface area contributed by atoms with Crippen molar-refractivity contribution in [3.8, 4) is 11.5 Å². The van der Waals surface area contributed by atoms with Crippen molar-refractivity contribution in [3.05, 3.63) is 119 Å². The first-order valence-corrected chi connectivity index (χ1v) is 13.6. The van der Waals surface area contributed by atoms with Crippen LogP contribution in [0.1, 0.15) is 33.9 Å². The summed E-state index contributed by atoms with van der Waals surface area (Å²) in [7, 11) is 0. The molecule has 0 unspecified atom stereocenters. The minimum Gasteiger partial charge on any atom is -0.487 e. The zero-order valence-electron chi connectivity index (χ0n) is 18.9. The van der Waals surface area contributed by atoms with Gasteiger partial charge in [0.2, 0.25) is 0 Å². The number of fused-ring (bicyclic) bond motifs is 6. The lowest BCUT2D eigenvalue weighted by atomic mass is 10.2. The van der Waals surface area contributed by atoms with Crippen LogP contribution in [0.2, 0.25) is 0 Å². The summed E-state index contributed by atoms with van der Waals surface area (Å²) in [5.74, 6) is 5.28. The van der Waals surface area contributed by atoms with Gasteiger partial charge in [0.05, 0.1) is 22.8 Å². The number of para-hydroxylation sites is 2. The molecule has 0 amide bonds. The monoisotopic (exact) mass is 486 g/mol. The summed E-state index contributed by atoms with van der Waals surface area (Å²) >= 11 is 3.71. The lowest BCUT2D eigenvalue weighted by Gasteiger charge is -2.13. The Labute approximate surface area is 209 Å². The van der Waals surface area contributed by atoms with E-state index in [1.807, 2.05) is 66.0 Å².